The summed E-state index contributed by atoms with van der Waals surface area (Å²) in [6.45, 7) is 2.73. The van der Waals surface area contributed by atoms with E-state index in [1.807, 2.05) is 25.9 Å². The van der Waals surface area contributed by atoms with E-state index < -0.39 is 0 Å². The van der Waals surface area contributed by atoms with Gasteiger partial charge in [-0.15, -0.1) is 0 Å². The molecule has 1 rings (SSSR count). The van der Waals surface area contributed by atoms with Gasteiger partial charge in [0.2, 0.25) is 0 Å². The van der Waals surface area contributed by atoms with E-state index in [2.05, 4.69) is 10.3 Å². The molecule has 5 heteroatoms. The standard InChI is InChI=1S/C11H16ClN3O/c1-8(7-15(2)3)14-11(16)9-6-13-5-4-10(9)12/h4-6,8H,7H2,1-3H3,(H,14,16). The monoisotopic (exact) mass is 241 g/mol. The van der Waals surface area contributed by atoms with Crippen molar-refractivity contribution in [2.45, 2.75) is 13.0 Å². The molecule has 1 amide bonds. The van der Waals surface area contributed by atoms with Gasteiger partial charge in [0.05, 0.1) is 10.6 Å². The quantitative estimate of drug-likeness (QED) is 0.867. The number of amides is 1. The van der Waals surface area contributed by atoms with Gasteiger partial charge in [0, 0.05) is 25.0 Å². The summed E-state index contributed by atoms with van der Waals surface area (Å²) in [6, 6.07) is 1.67. The second kappa shape index (κ2) is 5.82. The average molecular weight is 242 g/mol. The summed E-state index contributed by atoms with van der Waals surface area (Å²) in [5, 5.41) is 3.28. The molecule has 0 aliphatic carbocycles. The summed E-state index contributed by atoms with van der Waals surface area (Å²) < 4.78 is 0. The lowest BCUT2D eigenvalue weighted by molar-refractivity contribution is 0.0934. The fraction of sp³-hybridized carbons (Fsp3) is 0.455. The Morgan fingerprint density at radius 3 is 2.88 bits per heavy atom. The van der Waals surface area contributed by atoms with Crippen LogP contribution in [0.25, 0.3) is 0 Å². The first kappa shape index (κ1) is 12.9. The number of hydrogen-bond donors (Lipinski definition) is 1. The molecular formula is C11H16ClN3O. The third kappa shape index (κ3) is 3.79. The van der Waals surface area contributed by atoms with Crippen LogP contribution in [0.3, 0.4) is 0 Å². The third-order valence-corrected chi connectivity index (χ3v) is 2.36. The van der Waals surface area contributed by atoms with Gasteiger partial charge in [0.25, 0.3) is 5.91 Å². The predicted molar refractivity (Wildman–Crippen MR) is 64.7 cm³/mol. The average Bonchev–Trinajstić information content (AvgIpc) is 2.16. The molecule has 1 atom stereocenters. The topological polar surface area (TPSA) is 45.2 Å². The molecule has 0 fully saturated rings. The first-order chi connectivity index (χ1) is 7.50. The van der Waals surface area contributed by atoms with E-state index >= 15 is 0 Å². The number of nitrogens with one attached hydrogen (secondary N) is 1. The molecule has 0 spiro atoms. The predicted octanol–water partition coefficient (Wildman–Crippen LogP) is 1.41. The smallest absolute Gasteiger partial charge is 0.254 e. The van der Waals surface area contributed by atoms with Crippen molar-refractivity contribution in [2.75, 3.05) is 20.6 Å². The molecular weight excluding hydrogens is 226 g/mol. The van der Waals surface area contributed by atoms with Gasteiger partial charge in [-0.05, 0) is 27.1 Å². The molecule has 0 aromatic carbocycles. The highest BCUT2D eigenvalue weighted by molar-refractivity contribution is 6.33. The molecule has 0 bridgehead atoms. The van der Waals surface area contributed by atoms with Crippen molar-refractivity contribution < 1.29 is 4.79 Å². The maximum Gasteiger partial charge on any atom is 0.254 e. The Kier molecular flexibility index (Phi) is 4.71. The van der Waals surface area contributed by atoms with Crippen LogP contribution in [-0.2, 0) is 0 Å². The van der Waals surface area contributed by atoms with Gasteiger partial charge in [0.15, 0.2) is 0 Å². The molecule has 0 radical (unpaired) electrons. The van der Waals surface area contributed by atoms with E-state index in [9.17, 15) is 4.79 Å². The van der Waals surface area contributed by atoms with Gasteiger partial charge in [0.1, 0.15) is 0 Å². The fourth-order valence-electron chi connectivity index (χ4n) is 1.44. The van der Waals surface area contributed by atoms with Crippen molar-refractivity contribution in [3.63, 3.8) is 0 Å². The lowest BCUT2D eigenvalue weighted by atomic mass is 10.2. The van der Waals surface area contributed by atoms with Crippen LogP contribution in [0.4, 0.5) is 0 Å². The fourth-order valence-corrected chi connectivity index (χ4v) is 1.63. The van der Waals surface area contributed by atoms with Gasteiger partial charge in [-0.2, -0.15) is 0 Å². The number of halogens is 1. The number of carbonyl (C=O) groups excluding carboxylic acids is 1. The van der Waals surface area contributed by atoms with E-state index in [-0.39, 0.29) is 11.9 Å². The van der Waals surface area contributed by atoms with Crippen molar-refractivity contribution in [1.82, 2.24) is 15.2 Å². The minimum atomic E-state index is -0.188. The van der Waals surface area contributed by atoms with Gasteiger partial charge in [-0.1, -0.05) is 11.6 Å². The molecule has 1 aromatic heterocycles. The molecule has 0 aliphatic rings. The van der Waals surface area contributed by atoms with Crippen molar-refractivity contribution in [2.24, 2.45) is 0 Å². The maximum absolute atomic E-state index is 11.8. The molecule has 1 aromatic rings. The first-order valence-electron chi connectivity index (χ1n) is 5.06. The number of likely N-dealkylation sites (N-methyl/N-ethyl adjacent to an activating group) is 1. The van der Waals surface area contributed by atoms with E-state index in [0.29, 0.717) is 10.6 Å². The summed E-state index contributed by atoms with van der Waals surface area (Å²) in [5.41, 5.74) is 0.412. The van der Waals surface area contributed by atoms with Crippen LogP contribution < -0.4 is 5.32 Å². The van der Waals surface area contributed by atoms with Crippen LogP contribution in [0.15, 0.2) is 18.5 Å². The lowest BCUT2D eigenvalue weighted by Gasteiger charge is -2.18. The normalized spacial score (nSPS) is 12.6. The maximum atomic E-state index is 11.8. The Bertz CT molecular complexity index is 368. The molecule has 88 valence electrons. The van der Waals surface area contributed by atoms with Crippen molar-refractivity contribution in [3.05, 3.63) is 29.0 Å². The number of aromatic nitrogens is 1. The second-order valence-corrected chi connectivity index (χ2v) is 4.40. The second-order valence-electron chi connectivity index (χ2n) is 3.99. The van der Waals surface area contributed by atoms with Crippen LogP contribution in [0, 0.1) is 0 Å². The molecule has 1 heterocycles. The molecule has 4 nitrogen and oxygen atoms in total. The van der Waals surface area contributed by atoms with Crippen LogP contribution in [0.1, 0.15) is 17.3 Å². The number of nitrogens with zero attached hydrogens (tertiary/aromatic N) is 2. The SMILES string of the molecule is CC(CN(C)C)NC(=O)c1cnccc1Cl. The summed E-state index contributed by atoms with van der Waals surface area (Å²) in [6.07, 6.45) is 3.03. The van der Waals surface area contributed by atoms with Crippen molar-refractivity contribution in [3.8, 4) is 0 Å². The van der Waals surface area contributed by atoms with Crippen LogP contribution >= 0.6 is 11.6 Å². The minimum Gasteiger partial charge on any atom is -0.348 e. The lowest BCUT2D eigenvalue weighted by Crippen LogP contribution is -2.39. The highest BCUT2D eigenvalue weighted by atomic mass is 35.5. The van der Waals surface area contributed by atoms with Gasteiger partial charge < -0.3 is 10.2 Å². The Morgan fingerprint density at radius 1 is 1.62 bits per heavy atom. The van der Waals surface area contributed by atoms with E-state index in [1.54, 1.807) is 12.3 Å². The Labute approximate surface area is 101 Å². The zero-order valence-corrected chi connectivity index (χ0v) is 10.5. The number of carbonyl (C=O) groups is 1. The Morgan fingerprint density at radius 2 is 2.31 bits per heavy atom. The highest BCUT2D eigenvalue weighted by Crippen LogP contribution is 2.13. The zero-order valence-electron chi connectivity index (χ0n) is 9.70. The van der Waals surface area contributed by atoms with E-state index in [1.165, 1.54) is 6.20 Å². The Balaban J connectivity index is 2.63. The molecule has 0 saturated carbocycles. The van der Waals surface area contributed by atoms with Crippen molar-refractivity contribution >= 4 is 17.5 Å². The number of hydrogen-bond acceptors (Lipinski definition) is 3. The largest absolute Gasteiger partial charge is 0.348 e. The number of rotatable bonds is 4. The molecule has 0 saturated heterocycles. The Hall–Kier alpha value is -1.13. The summed E-state index contributed by atoms with van der Waals surface area (Å²) >= 11 is 5.90. The molecule has 1 unspecified atom stereocenters. The third-order valence-electron chi connectivity index (χ3n) is 2.03. The van der Waals surface area contributed by atoms with E-state index in [4.69, 9.17) is 11.6 Å². The summed E-state index contributed by atoms with van der Waals surface area (Å²) in [7, 11) is 3.92. The van der Waals surface area contributed by atoms with Gasteiger partial charge in [-0.25, -0.2) is 0 Å². The minimum absolute atomic E-state index is 0.0683. The molecule has 0 aliphatic heterocycles. The highest BCUT2D eigenvalue weighted by Gasteiger charge is 2.13. The zero-order chi connectivity index (χ0) is 12.1. The van der Waals surface area contributed by atoms with Crippen LogP contribution in [-0.4, -0.2) is 42.5 Å². The van der Waals surface area contributed by atoms with Crippen LogP contribution in [0.5, 0.6) is 0 Å². The summed E-state index contributed by atoms with van der Waals surface area (Å²) in [5.74, 6) is -0.188. The molecule has 16 heavy (non-hydrogen) atoms. The van der Waals surface area contributed by atoms with Crippen LogP contribution in [0.2, 0.25) is 5.02 Å². The molecule has 1 N–H and O–H groups in total. The van der Waals surface area contributed by atoms with E-state index in [0.717, 1.165) is 6.54 Å². The van der Waals surface area contributed by atoms with Gasteiger partial charge >= 0.3 is 0 Å². The summed E-state index contributed by atoms with van der Waals surface area (Å²) in [4.78, 5) is 17.7. The van der Waals surface area contributed by atoms with Crippen molar-refractivity contribution in [1.29, 1.82) is 0 Å². The first-order valence-corrected chi connectivity index (χ1v) is 5.43. The van der Waals surface area contributed by atoms with Gasteiger partial charge in [-0.3, -0.25) is 9.78 Å². The number of pyridine rings is 1.